The van der Waals surface area contributed by atoms with Gasteiger partial charge in [-0.15, -0.1) is 0 Å². The second kappa shape index (κ2) is 4.71. The molecule has 3 heteroatoms. The van der Waals surface area contributed by atoms with E-state index in [1.165, 1.54) is 0 Å². The summed E-state index contributed by atoms with van der Waals surface area (Å²) < 4.78 is 0. The Morgan fingerprint density at radius 2 is 1.63 bits per heavy atom. The van der Waals surface area contributed by atoms with Crippen LogP contribution in [0.2, 0.25) is 0 Å². The molecule has 0 fully saturated rings. The van der Waals surface area contributed by atoms with Crippen molar-refractivity contribution in [2.75, 3.05) is 0 Å². The zero-order valence-corrected chi connectivity index (χ0v) is 10.3. The highest BCUT2D eigenvalue weighted by Gasteiger charge is 2.15. The van der Waals surface area contributed by atoms with E-state index in [4.69, 9.17) is 5.73 Å². The van der Waals surface area contributed by atoms with Gasteiger partial charge in [0, 0.05) is 17.1 Å². The fourth-order valence-corrected chi connectivity index (χ4v) is 2.30. The Bertz CT molecular complexity index is 719. The van der Waals surface area contributed by atoms with Crippen molar-refractivity contribution in [1.82, 2.24) is 4.98 Å². The van der Waals surface area contributed by atoms with Crippen molar-refractivity contribution in [1.29, 1.82) is 0 Å². The minimum Gasteiger partial charge on any atom is -0.508 e. The molecule has 2 aromatic carbocycles. The van der Waals surface area contributed by atoms with Gasteiger partial charge in [0.1, 0.15) is 5.75 Å². The normalized spacial score (nSPS) is 12.5. The number of benzene rings is 2. The van der Waals surface area contributed by atoms with Crippen molar-refractivity contribution in [3.8, 4) is 5.75 Å². The lowest BCUT2D eigenvalue weighted by Gasteiger charge is -2.15. The number of aromatic hydroxyl groups is 1. The van der Waals surface area contributed by atoms with Crippen molar-refractivity contribution >= 4 is 10.9 Å². The fraction of sp³-hybridized carbons (Fsp3) is 0.0625. The van der Waals surface area contributed by atoms with Crippen LogP contribution < -0.4 is 5.73 Å². The highest BCUT2D eigenvalue weighted by Crippen LogP contribution is 2.30. The fourth-order valence-electron chi connectivity index (χ4n) is 2.30. The van der Waals surface area contributed by atoms with E-state index in [1.54, 1.807) is 18.3 Å². The van der Waals surface area contributed by atoms with Crippen molar-refractivity contribution < 1.29 is 5.11 Å². The van der Waals surface area contributed by atoms with E-state index < -0.39 is 0 Å². The van der Waals surface area contributed by atoms with Crippen molar-refractivity contribution in [2.24, 2.45) is 5.73 Å². The molecule has 0 radical (unpaired) electrons. The van der Waals surface area contributed by atoms with Gasteiger partial charge in [-0.25, -0.2) is 0 Å². The number of para-hydroxylation sites is 2. The molecule has 19 heavy (non-hydrogen) atoms. The maximum Gasteiger partial charge on any atom is 0.120 e. The largest absolute Gasteiger partial charge is 0.508 e. The van der Waals surface area contributed by atoms with Crippen LogP contribution in [0.3, 0.4) is 0 Å². The molecule has 3 N–H and O–H groups in total. The molecule has 0 aliphatic carbocycles. The molecular formula is C16H14N2O. The molecule has 0 spiro atoms. The Balaban J connectivity index is 2.17. The number of phenols is 1. The van der Waals surface area contributed by atoms with Crippen LogP contribution in [0.25, 0.3) is 10.9 Å². The van der Waals surface area contributed by atoms with E-state index in [1.807, 2.05) is 42.5 Å². The summed E-state index contributed by atoms with van der Waals surface area (Å²) in [5, 5.41) is 11.0. The van der Waals surface area contributed by atoms with E-state index in [2.05, 4.69) is 4.98 Å². The van der Waals surface area contributed by atoms with E-state index in [0.29, 0.717) is 5.56 Å². The zero-order valence-electron chi connectivity index (χ0n) is 10.3. The van der Waals surface area contributed by atoms with Crippen LogP contribution in [0.4, 0.5) is 0 Å². The van der Waals surface area contributed by atoms with Gasteiger partial charge in [-0.2, -0.15) is 0 Å². The summed E-state index contributed by atoms with van der Waals surface area (Å²) in [5.74, 6) is 0.211. The number of pyridine rings is 1. The van der Waals surface area contributed by atoms with E-state index in [9.17, 15) is 5.11 Å². The molecular weight excluding hydrogens is 236 g/mol. The van der Waals surface area contributed by atoms with E-state index in [0.717, 1.165) is 16.5 Å². The summed E-state index contributed by atoms with van der Waals surface area (Å²) in [4.78, 5) is 4.40. The molecule has 1 heterocycles. The Kier molecular flexibility index (Phi) is 2.89. The second-order valence-corrected chi connectivity index (χ2v) is 4.46. The molecule has 1 unspecified atom stereocenters. The van der Waals surface area contributed by atoms with Crippen molar-refractivity contribution in [3.05, 3.63) is 71.9 Å². The first-order chi connectivity index (χ1) is 9.27. The monoisotopic (exact) mass is 250 g/mol. The van der Waals surface area contributed by atoms with Crippen molar-refractivity contribution in [2.45, 2.75) is 6.04 Å². The summed E-state index contributed by atoms with van der Waals surface area (Å²) >= 11 is 0. The third-order valence-electron chi connectivity index (χ3n) is 3.27. The molecule has 1 atom stereocenters. The van der Waals surface area contributed by atoms with Gasteiger partial charge < -0.3 is 10.8 Å². The number of fused-ring (bicyclic) bond motifs is 1. The van der Waals surface area contributed by atoms with Crippen LogP contribution in [0.15, 0.2) is 60.8 Å². The highest BCUT2D eigenvalue weighted by atomic mass is 16.3. The van der Waals surface area contributed by atoms with E-state index >= 15 is 0 Å². The van der Waals surface area contributed by atoms with Gasteiger partial charge in [-0.05, 0) is 17.7 Å². The van der Waals surface area contributed by atoms with Gasteiger partial charge in [0.25, 0.3) is 0 Å². The molecule has 0 aliphatic heterocycles. The van der Waals surface area contributed by atoms with Crippen LogP contribution >= 0.6 is 0 Å². The summed E-state index contributed by atoms with van der Waals surface area (Å²) in [7, 11) is 0. The molecule has 0 saturated carbocycles. The lowest BCUT2D eigenvalue weighted by Crippen LogP contribution is -2.12. The maximum absolute atomic E-state index is 9.91. The average molecular weight is 250 g/mol. The van der Waals surface area contributed by atoms with Crippen molar-refractivity contribution in [3.63, 3.8) is 0 Å². The predicted molar refractivity (Wildman–Crippen MR) is 75.9 cm³/mol. The summed E-state index contributed by atoms with van der Waals surface area (Å²) in [5.41, 5.74) is 8.78. The minimum atomic E-state index is -0.389. The Morgan fingerprint density at radius 3 is 2.47 bits per heavy atom. The smallest absolute Gasteiger partial charge is 0.120 e. The topological polar surface area (TPSA) is 59.1 Å². The Hall–Kier alpha value is -2.39. The first-order valence-corrected chi connectivity index (χ1v) is 6.14. The molecule has 1 aromatic heterocycles. The van der Waals surface area contributed by atoms with Gasteiger partial charge >= 0.3 is 0 Å². The second-order valence-electron chi connectivity index (χ2n) is 4.46. The SMILES string of the molecule is NC(c1ccccc1O)c1cccc2cccnc12. The lowest BCUT2D eigenvalue weighted by molar-refractivity contribution is 0.465. The third-order valence-corrected chi connectivity index (χ3v) is 3.27. The number of nitrogens with zero attached hydrogens (tertiary/aromatic N) is 1. The van der Waals surface area contributed by atoms with Gasteiger partial charge in [-0.1, -0.05) is 42.5 Å². The predicted octanol–water partition coefficient (Wildman–Crippen LogP) is 2.99. The van der Waals surface area contributed by atoms with E-state index in [-0.39, 0.29) is 11.8 Å². The summed E-state index contributed by atoms with van der Waals surface area (Å²) in [6.07, 6.45) is 1.75. The molecule has 0 amide bonds. The zero-order chi connectivity index (χ0) is 13.2. The van der Waals surface area contributed by atoms with Crippen LogP contribution in [-0.2, 0) is 0 Å². The number of hydrogen-bond acceptors (Lipinski definition) is 3. The molecule has 3 nitrogen and oxygen atoms in total. The van der Waals surface area contributed by atoms with Crippen LogP contribution in [0.1, 0.15) is 17.2 Å². The summed E-state index contributed by atoms with van der Waals surface area (Å²) in [6.45, 7) is 0. The van der Waals surface area contributed by atoms with Crippen LogP contribution in [0.5, 0.6) is 5.75 Å². The molecule has 0 aliphatic rings. The maximum atomic E-state index is 9.91. The number of phenolic OH excluding ortho intramolecular Hbond substituents is 1. The van der Waals surface area contributed by atoms with Gasteiger partial charge in [0.2, 0.25) is 0 Å². The number of rotatable bonds is 2. The Labute approximate surface area is 111 Å². The summed E-state index contributed by atoms with van der Waals surface area (Å²) in [6, 6.07) is 16.6. The van der Waals surface area contributed by atoms with Gasteiger partial charge in [-0.3, -0.25) is 4.98 Å². The molecule has 0 saturated heterocycles. The lowest BCUT2D eigenvalue weighted by atomic mass is 9.96. The molecule has 3 rings (SSSR count). The number of aromatic nitrogens is 1. The minimum absolute atomic E-state index is 0.211. The number of hydrogen-bond donors (Lipinski definition) is 2. The molecule has 0 bridgehead atoms. The average Bonchev–Trinajstić information content (AvgIpc) is 2.46. The quantitative estimate of drug-likeness (QED) is 0.735. The van der Waals surface area contributed by atoms with Crippen LogP contribution in [-0.4, -0.2) is 10.1 Å². The third kappa shape index (κ3) is 2.04. The highest BCUT2D eigenvalue weighted by molar-refractivity contribution is 5.82. The standard InChI is InChI=1S/C16H14N2O/c17-15(12-7-1-2-9-14(12)19)13-8-3-5-11-6-4-10-18-16(11)13/h1-10,15,19H,17H2. The number of nitrogens with two attached hydrogens (primary N) is 1. The van der Waals surface area contributed by atoms with Gasteiger partial charge in [0.05, 0.1) is 11.6 Å². The van der Waals surface area contributed by atoms with Gasteiger partial charge in [0.15, 0.2) is 0 Å². The first-order valence-electron chi connectivity index (χ1n) is 6.14. The molecule has 3 aromatic rings. The van der Waals surface area contributed by atoms with Crippen LogP contribution in [0, 0.1) is 0 Å². The molecule has 94 valence electrons. The Morgan fingerprint density at radius 1 is 0.895 bits per heavy atom. The first kappa shape index (κ1) is 11.7.